The van der Waals surface area contributed by atoms with Gasteiger partial charge in [0.15, 0.2) is 5.43 Å². The first-order valence-electron chi connectivity index (χ1n) is 12.6. The van der Waals surface area contributed by atoms with E-state index in [9.17, 15) is 19.8 Å². The quantitative estimate of drug-likeness (QED) is 0.243. The van der Waals surface area contributed by atoms with Gasteiger partial charge in [0.05, 0.1) is 0 Å². The lowest BCUT2D eigenvalue weighted by molar-refractivity contribution is -0.158. The highest BCUT2D eigenvalue weighted by Crippen LogP contribution is 2.44. The number of phenolic OH excluding ortho intramolecular Hbond substituents is 1. The van der Waals surface area contributed by atoms with E-state index in [4.69, 9.17) is 19.6 Å². The fourth-order valence-electron chi connectivity index (χ4n) is 4.57. The molecule has 2 aromatic heterocycles. The van der Waals surface area contributed by atoms with Crippen LogP contribution < -0.4 is 21.2 Å². The number of nitrogen functional groups attached to an aromatic ring is 1. The van der Waals surface area contributed by atoms with Gasteiger partial charge in [-0.2, -0.15) is 0 Å². The van der Waals surface area contributed by atoms with Crippen molar-refractivity contribution in [2.24, 2.45) is 0 Å². The summed E-state index contributed by atoms with van der Waals surface area (Å²) in [6, 6.07) is 6.27. The predicted octanol–water partition coefficient (Wildman–Crippen LogP) is 2.76. The van der Waals surface area contributed by atoms with E-state index in [1.165, 1.54) is 6.07 Å². The number of nitrogens with one attached hydrogen (secondary N) is 1. The van der Waals surface area contributed by atoms with Crippen molar-refractivity contribution in [3.63, 3.8) is 0 Å². The van der Waals surface area contributed by atoms with E-state index in [0.29, 0.717) is 48.6 Å². The number of likely N-dealkylation sites (N-methyl/N-ethyl adjacent to an activating group) is 1. The van der Waals surface area contributed by atoms with Crippen LogP contribution in [0.4, 0.5) is 5.82 Å². The predicted molar refractivity (Wildman–Crippen MR) is 142 cm³/mol. The molecule has 1 aliphatic rings. The maximum atomic E-state index is 13.1. The van der Waals surface area contributed by atoms with Crippen LogP contribution in [0.2, 0.25) is 0 Å². The number of allylic oxidation sites excluding steroid dienone is 1. The molecule has 4 rings (SSSR count). The lowest BCUT2D eigenvalue weighted by Gasteiger charge is -2.42. The van der Waals surface area contributed by atoms with Gasteiger partial charge in [-0.15, -0.1) is 0 Å². The molecular weight excluding hydrogens is 490 g/mol. The van der Waals surface area contributed by atoms with Crippen LogP contribution in [0, 0.1) is 0 Å². The molecule has 3 heterocycles. The Kier molecular flexibility index (Phi) is 8.03. The minimum Gasteiger partial charge on any atom is -0.507 e. The van der Waals surface area contributed by atoms with Crippen LogP contribution in [0.5, 0.6) is 11.5 Å². The highest BCUT2D eigenvalue weighted by molar-refractivity contribution is 5.89. The maximum Gasteiger partial charge on any atom is 0.335 e. The van der Waals surface area contributed by atoms with Crippen molar-refractivity contribution >= 4 is 22.8 Å². The normalized spacial score (nSPS) is 19.2. The van der Waals surface area contributed by atoms with Crippen LogP contribution in [0.3, 0.4) is 0 Å². The summed E-state index contributed by atoms with van der Waals surface area (Å²) in [7, 11) is 0. The largest absolute Gasteiger partial charge is 0.507 e. The third kappa shape index (κ3) is 5.51. The van der Waals surface area contributed by atoms with Crippen molar-refractivity contribution in [1.82, 2.24) is 10.3 Å². The number of nitrogens with two attached hydrogens (primary N) is 1. The van der Waals surface area contributed by atoms with E-state index in [2.05, 4.69) is 10.3 Å². The number of aryl methyl sites for hydroxylation is 1. The van der Waals surface area contributed by atoms with Crippen LogP contribution in [0.25, 0.3) is 11.0 Å². The molecule has 3 aromatic rings. The number of esters is 1. The highest BCUT2D eigenvalue weighted by Gasteiger charge is 2.45. The Balaban J connectivity index is 1.73. The topological polar surface area (TPSA) is 157 Å². The number of aromatic hydroxyl groups is 1. The van der Waals surface area contributed by atoms with Crippen LogP contribution >= 0.6 is 0 Å². The fourth-order valence-corrected chi connectivity index (χ4v) is 4.57. The number of anilines is 1. The molecule has 0 saturated carbocycles. The molecule has 0 bridgehead atoms. The molecule has 1 aliphatic heterocycles. The number of phenols is 1. The van der Waals surface area contributed by atoms with Gasteiger partial charge in [-0.05, 0) is 44.9 Å². The monoisotopic (exact) mass is 523 g/mol. The van der Waals surface area contributed by atoms with Gasteiger partial charge >= 0.3 is 5.97 Å². The molecule has 202 valence electrons. The third-order valence-corrected chi connectivity index (χ3v) is 6.86. The van der Waals surface area contributed by atoms with Crippen molar-refractivity contribution in [1.29, 1.82) is 0 Å². The molecule has 0 aliphatic carbocycles. The lowest BCUT2D eigenvalue weighted by atomic mass is 9.84. The second-order valence-corrected chi connectivity index (χ2v) is 9.51. The Morgan fingerprint density at radius 2 is 2.16 bits per heavy atom. The number of fused-ring (bicyclic) bond motifs is 2. The Morgan fingerprint density at radius 1 is 1.37 bits per heavy atom. The first-order valence-corrected chi connectivity index (χ1v) is 12.6. The number of nitrogens with zero attached hydrogens (tertiary/aromatic N) is 1. The van der Waals surface area contributed by atoms with Crippen molar-refractivity contribution < 1.29 is 28.9 Å². The number of hydrogen-bond donors (Lipinski definition) is 4. The fraction of sp³-hybridized carbons (Fsp3) is 0.393. The summed E-state index contributed by atoms with van der Waals surface area (Å²) in [5.74, 6) is 0.0269. The molecule has 1 aromatic carbocycles. The van der Waals surface area contributed by atoms with Crippen molar-refractivity contribution in [2.75, 3.05) is 18.8 Å². The van der Waals surface area contributed by atoms with Gasteiger partial charge < -0.3 is 35.2 Å². The molecule has 0 radical (unpaired) electrons. The maximum absolute atomic E-state index is 13.1. The number of aliphatic hydroxyl groups excluding tert-OH is 1. The summed E-state index contributed by atoms with van der Waals surface area (Å²) < 4.78 is 18.0. The second-order valence-electron chi connectivity index (χ2n) is 9.51. The molecule has 38 heavy (non-hydrogen) atoms. The minimum atomic E-state index is -0.990. The molecule has 0 saturated heterocycles. The molecule has 5 N–H and O–H groups in total. The van der Waals surface area contributed by atoms with Crippen molar-refractivity contribution in [3.05, 3.63) is 69.2 Å². The average molecular weight is 524 g/mol. The zero-order valence-electron chi connectivity index (χ0n) is 21.7. The number of aromatic nitrogens is 1. The smallest absolute Gasteiger partial charge is 0.335 e. The Bertz CT molecular complexity index is 1410. The van der Waals surface area contributed by atoms with E-state index in [1.807, 2.05) is 19.9 Å². The van der Waals surface area contributed by atoms with E-state index in [-0.39, 0.29) is 28.9 Å². The summed E-state index contributed by atoms with van der Waals surface area (Å²) in [4.78, 5) is 29.9. The Morgan fingerprint density at radius 3 is 2.82 bits per heavy atom. The van der Waals surface area contributed by atoms with E-state index in [0.717, 1.165) is 11.6 Å². The Hall–Kier alpha value is -3.89. The number of benzene rings is 1. The molecule has 10 heteroatoms. The number of hydrogen-bond acceptors (Lipinski definition) is 10. The summed E-state index contributed by atoms with van der Waals surface area (Å²) in [6.07, 6.45) is 3.76. The second kappa shape index (κ2) is 11.2. The number of carbonyl (C=O) groups excluding carboxylic acids is 1. The molecule has 0 spiro atoms. The minimum absolute atomic E-state index is 0.0209. The number of ether oxygens (including phenoxy) is 2. The van der Waals surface area contributed by atoms with Gasteiger partial charge in [-0.25, -0.2) is 9.78 Å². The van der Waals surface area contributed by atoms with Crippen LogP contribution in [-0.2, 0) is 29.0 Å². The number of aliphatic hydroxyl groups is 1. The van der Waals surface area contributed by atoms with Crippen molar-refractivity contribution in [2.45, 2.75) is 58.3 Å². The van der Waals surface area contributed by atoms with Gasteiger partial charge in [0, 0.05) is 42.4 Å². The summed E-state index contributed by atoms with van der Waals surface area (Å²) in [6.45, 7) is 6.15. The molecule has 0 amide bonds. The first kappa shape index (κ1) is 27.2. The summed E-state index contributed by atoms with van der Waals surface area (Å²) in [5, 5.41) is 23.6. The van der Waals surface area contributed by atoms with Gasteiger partial charge in [0.1, 0.15) is 52.4 Å². The molecule has 0 fully saturated rings. The third-order valence-electron chi connectivity index (χ3n) is 6.86. The van der Waals surface area contributed by atoms with Crippen LogP contribution in [-0.4, -0.2) is 46.0 Å². The summed E-state index contributed by atoms with van der Waals surface area (Å²) >= 11 is 0. The van der Waals surface area contributed by atoms with Gasteiger partial charge in [0.25, 0.3) is 0 Å². The standard InChI is InChI=1S/C28H33N3O7/c1-4-17(14-30-5-2)27(35)37-23-11-19-21(12-22-25(26(19)34)20(33)10-18(15-32)36-22)38-28(23,3)9-8-16-6-7-24(29)31-13-16/h4,6-7,10,12-13,23,30,32,34H,5,8-9,11,14-15H2,1-3H3,(H2,29,31)/b17-4-/t23-,28+/m1/s1. The van der Waals surface area contributed by atoms with Crippen LogP contribution in [0.15, 0.2) is 51.3 Å². The van der Waals surface area contributed by atoms with Gasteiger partial charge in [0.2, 0.25) is 0 Å². The molecule has 10 nitrogen and oxygen atoms in total. The lowest BCUT2D eigenvalue weighted by Crippen LogP contribution is -2.51. The number of rotatable bonds is 9. The average Bonchev–Trinajstić information content (AvgIpc) is 2.89. The first-order chi connectivity index (χ1) is 18.2. The highest BCUT2D eigenvalue weighted by atomic mass is 16.6. The molecule has 0 unspecified atom stereocenters. The Labute approximate surface area is 220 Å². The SMILES string of the molecule is C/C=C(/CNCC)C(=O)O[C@@H]1Cc2c(cc3oc(CO)cc(=O)c3c2O)O[C@@]1(C)CCc1ccc(N)nc1. The molecule has 2 atom stereocenters. The molecular formula is C28H33N3O7. The zero-order chi connectivity index (χ0) is 27.4. The number of pyridine rings is 1. The van der Waals surface area contributed by atoms with Gasteiger partial charge in [-0.1, -0.05) is 19.1 Å². The van der Waals surface area contributed by atoms with E-state index >= 15 is 0 Å². The van der Waals surface area contributed by atoms with Gasteiger partial charge in [-0.3, -0.25) is 4.79 Å². The number of carbonyl (C=O) groups is 1. The van der Waals surface area contributed by atoms with E-state index < -0.39 is 29.7 Å². The zero-order valence-corrected chi connectivity index (χ0v) is 21.7. The van der Waals surface area contributed by atoms with Crippen molar-refractivity contribution in [3.8, 4) is 11.5 Å². The van der Waals surface area contributed by atoms with Crippen LogP contribution in [0.1, 0.15) is 44.1 Å². The van der Waals surface area contributed by atoms with E-state index in [1.54, 1.807) is 25.3 Å². The summed E-state index contributed by atoms with van der Waals surface area (Å²) in [5.41, 5.74) is 6.08.